The number of hydrogen-bond donors (Lipinski definition) is 1. The van der Waals surface area contributed by atoms with Gasteiger partial charge in [-0.2, -0.15) is 5.10 Å². The number of benzene rings is 1. The fraction of sp³-hybridized carbons (Fsp3) is 0.375. The maximum atomic E-state index is 13.9. The van der Waals surface area contributed by atoms with Crippen LogP contribution in [0.5, 0.6) is 0 Å². The molecule has 0 bridgehead atoms. The first-order valence-corrected chi connectivity index (χ1v) is 7.44. The van der Waals surface area contributed by atoms with Gasteiger partial charge in [0.15, 0.2) is 0 Å². The van der Waals surface area contributed by atoms with E-state index in [4.69, 9.17) is 5.73 Å². The van der Waals surface area contributed by atoms with E-state index in [2.05, 4.69) is 5.10 Å². The summed E-state index contributed by atoms with van der Waals surface area (Å²) in [6.45, 7) is 2.96. The first-order chi connectivity index (χ1) is 10.6. The molecular formula is C16H20ClFN4O. The third kappa shape index (κ3) is 3.09. The van der Waals surface area contributed by atoms with Crippen molar-refractivity contribution in [2.75, 3.05) is 13.1 Å². The molecule has 1 aromatic carbocycles. The average molecular weight is 339 g/mol. The summed E-state index contributed by atoms with van der Waals surface area (Å²) in [5.41, 5.74) is 7.21. The summed E-state index contributed by atoms with van der Waals surface area (Å²) in [6, 6.07) is 6.47. The van der Waals surface area contributed by atoms with Crippen LogP contribution in [-0.4, -0.2) is 39.7 Å². The topological polar surface area (TPSA) is 64.2 Å². The van der Waals surface area contributed by atoms with Crippen molar-refractivity contribution < 1.29 is 9.18 Å². The standard InChI is InChI=1S/C16H19FN4O.ClH/c1-11-13(16(22)20-8-4-5-12(20)9-18)10-19-21(11)15-7-3-2-6-14(15)17;/h2-3,6-7,10,12H,4-5,8-9,18H2,1H3;1H. The van der Waals surface area contributed by atoms with Crippen molar-refractivity contribution >= 4 is 18.3 Å². The van der Waals surface area contributed by atoms with Crippen molar-refractivity contribution in [2.24, 2.45) is 5.73 Å². The third-order valence-corrected chi connectivity index (χ3v) is 4.23. The van der Waals surface area contributed by atoms with Gasteiger partial charge in [0.05, 0.1) is 17.5 Å². The average Bonchev–Trinajstić information content (AvgIpc) is 3.14. The number of carbonyl (C=O) groups excluding carboxylic acids is 1. The van der Waals surface area contributed by atoms with Gasteiger partial charge < -0.3 is 10.6 Å². The van der Waals surface area contributed by atoms with Crippen LogP contribution in [0.4, 0.5) is 4.39 Å². The predicted molar refractivity (Wildman–Crippen MR) is 88.6 cm³/mol. The first-order valence-electron chi connectivity index (χ1n) is 7.44. The van der Waals surface area contributed by atoms with Crippen molar-refractivity contribution in [3.8, 4) is 5.69 Å². The molecule has 1 aromatic heterocycles. The molecule has 0 spiro atoms. The zero-order valence-corrected chi connectivity index (χ0v) is 13.7. The Kier molecular flexibility index (Phi) is 5.38. The second-order valence-corrected chi connectivity index (χ2v) is 5.54. The van der Waals surface area contributed by atoms with Gasteiger partial charge in [-0.3, -0.25) is 4.79 Å². The molecule has 1 aliphatic heterocycles. The Balaban J connectivity index is 0.00000192. The Morgan fingerprint density at radius 2 is 2.17 bits per heavy atom. The van der Waals surface area contributed by atoms with Crippen LogP contribution in [0.2, 0.25) is 0 Å². The number of likely N-dealkylation sites (tertiary alicyclic amines) is 1. The Bertz CT molecular complexity index is 703. The number of amides is 1. The van der Waals surface area contributed by atoms with Crippen LogP contribution in [0.25, 0.3) is 5.69 Å². The highest BCUT2D eigenvalue weighted by molar-refractivity contribution is 5.95. The van der Waals surface area contributed by atoms with E-state index in [0.717, 1.165) is 12.8 Å². The SMILES string of the molecule is Cc1c(C(=O)N2CCCC2CN)cnn1-c1ccccc1F.Cl. The molecule has 0 aliphatic carbocycles. The van der Waals surface area contributed by atoms with E-state index in [1.165, 1.54) is 16.9 Å². The molecule has 5 nitrogen and oxygen atoms in total. The highest BCUT2D eigenvalue weighted by Gasteiger charge is 2.30. The van der Waals surface area contributed by atoms with Crippen LogP contribution in [0.3, 0.4) is 0 Å². The molecular weight excluding hydrogens is 319 g/mol. The lowest BCUT2D eigenvalue weighted by molar-refractivity contribution is 0.0740. The molecule has 1 amide bonds. The normalized spacial score (nSPS) is 17.2. The summed E-state index contributed by atoms with van der Waals surface area (Å²) in [6.07, 6.45) is 3.41. The Hall–Kier alpha value is -1.92. The molecule has 124 valence electrons. The van der Waals surface area contributed by atoms with Crippen molar-refractivity contribution in [3.05, 3.63) is 47.5 Å². The summed E-state index contributed by atoms with van der Waals surface area (Å²) in [7, 11) is 0. The largest absolute Gasteiger partial charge is 0.334 e. The van der Waals surface area contributed by atoms with E-state index in [9.17, 15) is 9.18 Å². The van der Waals surface area contributed by atoms with E-state index < -0.39 is 0 Å². The Morgan fingerprint density at radius 3 is 2.87 bits per heavy atom. The lowest BCUT2D eigenvalue weighted by Crippen LogP contribution is -2.40. The van der Waals surface area contributed by atoms with Gasteiger partial charge in [0.2, 0.25) is 0 Å². The van der Waals surface area contributed by atoms with Crippen LogP contribution in [-0.2, 0) is 0 Å². The minimum absolute atomic E-state index is 0. The summed E-state index contributed by atoms with van der Waals surface area (Å²) >= 11 is 0. The maximum Gasteiger partial charge on any atom is 0.257 e. The minimum Gasteiger partial charge on any atom is -0.334 e. The number of nitrogens with zero attached hydrogens (tertiary/aromatic N) is 3. The van der Waals surface area contributed by atoms with Gasteiger partial charge >= 0.3 is 0 Å². The molecule has 7 heteroatoms. The monoisotopic (exact) mass is 338 g/mol. The van der Waals surface area contributed by atoms with Gasteiger partial charge in [-0.05, 0) is 31.9 Å². The number of carbonyl (C=O) groups is 1. The van der Waals surface area contributed by atoms with E-state index in [1.54, 1.807) is 30.0 Å². The van der Waals surface area contributed by atoms with E-state index >= 15 is 0 Å². The van der Waals surface area contributed by atoms with Crippen molar-refractivity contribution in [1.82, 2.24) is 14.7 Å². The molecule has 1 saturated heterocycles. The number of para-hydroxylation sites is 1. The molecule has 1 fully saturated rings. The van der Waals surface area contributed by atoms with Gasteiger partial charge in [0.25, 0.3) is 5.91 Å². The van der Waals surface area contributed by atoms with Crippen molar-refractivity contribution in [1.29, 1.82) is 0 Å². The van der Waals surface area contributed by atoms with Gasteiger partial charge in [-0.15, -0.1) is 12.4 Å². The highest BCUT2D eigenvalue weighted by atomic mass is 35.5. The summed E-state index contributed by atoms with van der Waals surface area (Å²) in [5.74, 6) is -0.443. The predicted octanol–water partition coefficient (Wildman–Crippen LogP) is 2.30. The first kappa shape index (κ1) is 17.4. The molecule has 2 heterocycles. The van der Waals surface area contributed by atoms with Gasteiger partial charge in [-0.1, -0.05) is 12.1 Å². The number of aromatic nitrogens is 2. The second kappa shape index (κ2) is 7.10. The molecule has 1 unspecified atom stereocenters. The zero-order chi connectivity index (χ0) is 15.7. The number of rotatable bonds is 3. The van der Waals surface area contributed by atoms with E-state index in [0.29, 0.717) is 30.0 Å². The van der Waals surface area contributed by atoms with Gasteiger partial charge in [0.1, 0.15) is 11.5 Å². The van der Waals surface area contributed by atoms with Crippen LogP contribution in [0.1, 0.15) is 28.9 Å². The van der Waals surface area contributed by atoms with Crippen molar-refractivity contribution in [2.45, 2.75) is 25.8 Å². The van der Waals surface area contributed by atoms with Crippen LogP contribution in [0, 0.1) is 12.7 Å². The molecule has 1 aliphatic rings. The van der Waals surface area contributed by atoms with Gasteiger partial charge in [0, 0.05) is 19.1 Å². The van der Waals surface area contributed by atoms with Crippen LogP contribution < -0.4 is 5.73 Å². The molecule has 3 rings (SSSR count). The second-order valence-electron chi connectivity index (χ2n) is 5.54. The summed E-state index contributed by atoms with van der Waals surface area (Å²) in [4.78, 5) is 14.5. The molecule has 0 saturated carbocycles. The lowest BCUT2D eigenvalue weighted by Gasteiger charge is -2.23. The maximum absolute atomic E-state index is 13.9. The smallest absolute Gasteiger partial charge is 0.257 e. The third-order valence-electron chi connectivity index (χ3n) is 4.23. The number of halogens is 2. The quantitative estimate of drug-likeness (QED) is 0.934. The molecule has 2 N–H and O–H groups in total. The van der Waals surface area contributed by atoms with Crippen LogP contribution >= 0.6 is 12.4 Å². The lowest BCUT2D eigenvalue weighted by atomic mass is 10.2. The zero-order valence-electron chi connectivity index (χ0n) is 12.9. The number of nitrogens with two attached hydrogens (primary N) is 1. The van der Waals surface area contributed by atoms with Crippen molar-refractivity contribution in [3.63, 3.8) is 0 Å². The van der Waals surface area contributed by atoms with E-state index in [-0.39, 0.29) is 30.2 Å². The summed E-state index contributed by atoms with van der Waals surface area (Å²) in [5, 5.41) is 4.19. The fourth-order valence-electron chi connectivity index (χ4n) is 2.99. The molecule has 0 radical (unpaired) electrons. The van der Waals surface area contributed by atoms with Gasteiger partial charge in [-0.25, -0.2) is 9.07 Å². The molecule has 2 aromatic rings. The Labute approximate surface area is 140 Å². The molecule has 23 heavy (non-hydrogen) atoms. The van der Waals surface area contributed by atoms with E-state index in [1.807, 2.05) is 0 Å². The minimum atomic E-state index is -0.367. The number of hydrogen-bond acceptors (Lipinski definition) is 3. The molecule has 1 atom stereocenters. The summed E-state index contributed by atoms with van der Waals surface area (Å²) < 4.78 is 15.4. The highest BCUT2D eigenvalue weighted by Crippen LogP contribution is 2.22. The Morgan fingerprint density at radius 1 is 1.43 bits per heavy atom. The van der Waals surface area contributed by atoms with Crippen LogP contribution in [0.15, 0.2) is 30.5 Å². The fourth-order valence-corrected chi connectivity index (χ4v) is 2.99.